The van der Waals surface area contributed by atoms with E-state index in [0.29, 0.717) is 0 Å². The van der Waals surface area contributed by atoms with Gasteiger partial charge in [0.15, 0.2) is 5.78 Å². The number of aliphatic hydroxyl groups is 1. The molecular weight excluding hydrogens is 184 g/mol. The van der Waals surface area contributed by atoms with Gasteiger partial charge >= 0.3 is 5.97 Å². The van der Waals surface area contributed by atoms with Crippen LogP contribution < -0.4 is 0 Å². The summed E-state index contributed by atoms with van der Waals surface area (Å²) in [6.07, 6.45) is 0.224. The molecule has 4 heteroatoms. The van der Waals surface area contributed by atoms with E-state index in [1.807, 2.05) is 0 Å². The highest BCUT2D eigenvalue weighted by molar-refractivity contribution is 5.89. The molecule has 1 N–H and O–H groups in total. The van der Waals surface area contributed by atoms with E-state index in [-0.39, 0.29) is 42.5 Å². The molecule has 0 radical (unpaired) electrons. The summed E-state index contributed by atoms with van der Waals surface area (Å²) >= 11 is 0. The number of carbonyl (C=O) groups excluding carboxylic acids is 2. The maximum absolute atomic E-state index is 11.5. The minimum absolute atomic E-state index is 0.0322. The second-order valence-corrected chi connectivity index (χ2v) is 4.53. The van der Waals surface area contributed by atoms with E-state index in [0.717, 1.165) is 0 Å². The molecular formula is C10H14O4. The zero-order valence-electron chi connectivity index (χ0n) is 8.32. The van der Waals surface area contributed by atoms with Crippen LogP contribution >= 0.6 is 0 Å². The fourth-order valence-corrected chi connectivity index (χ4v) is 2.28. The molecule has 2 aliphatic rings. The summed E-state index contributed by atoms with van der Waals surface area (Å²) in [7, 11) is 0. The van der Waals surface area contributed by atoms with Crippen LogP contribution in [0.2, 0.25) is 0 Å². The average molecular weight is 198 g/mol. The van der Waals surface area contributed by atoms with Gasteiger partial charge in [0.05, 0.1) is 5.92 Å². The summed E-state index contributed by atoms with van der Waals surface area (Å²) < 4.78 is 5.11. The maximum atomic E-state index is 11.5. The van der Waals surface area contributed by atoms with Gasteiger partial charge in [0.1, 0.15) is 11.7 Å². The topological polar surface area (TPSA) is 63.6 Å². The summed E-state index contributed by atoms with van der Waals surface area (Å²) in [5, 5.41) is 9.72. The number of hydrogen-bond acceptors (Lipinski definition) is 4. The number of Topliss-reactive ketones (excluding diaryl/α,β-unsaturated/α-hetero) is 1. The third kappa shape index (κ3) is 1.25. The Morgan fingerprint density at radius 2 is 2.14 bits per heavy atom. The van der Waals surface area contributed by atoms with Gasteiger partial charge in [-0.2, -0.15) is 0 Å². The van der Waals surface area contributed by atoms with Gasteiger partial charge in [-0.15, -0.1) is 0 Å². The Labute approximate surface area is 82.2 Å². The predicted octanol–water partition coefficient (Wildman–Crippen LogP) is 0.278. The average Bonchev–Trinajstić information content (AvgIpc) is 2.31. The molecule has 4 atom stereocenters. The Balaban J connectivity index is 2.22. The van der Waals surface area contributed by atoms with Crippen molar-refractivity contribution < 1.29 is 19.4 Å². The van der Waals surface area contributed by atoms with Crippen LogP contribution in [0, 0.1) is 11.8 Å². The van der Waals surface area contributed by atoms with E-state index in [9.17, 15) is 14.7 Å². The smallest absolute Gasteiger partial charge is 0.309 e. The Morgan fingerprint density at radius 3 is 2.79 bits per heavy atom. The molecule has 4 nitrogen and oxygen atoms in total. The monoisotopic (exact) mass is 198 g/mol. The molecule has 1 saturated carbocycles. The minimum Gasteiger partial charge on any atom is -0.462 e. The van der Waals surface area contributed by atoms with Crippen molar-refractivity contribution in [3.63, 3.8) is 0 Å². The fourth-order valence-electron chi connectivity index (χ4n) is 2.28. The van der Waals surface area contributed by atoms with Gasteiger partial charge in [0.2, 0.25) is 0 Å². The number of fused-ring (bicyclic) bond motifs is 1. The number of ether oxygens (including phenoxy) is 1. The zero-order chi connectivity index (χ0) is 10.5. The highest BCUT2D eigenvalue weighted by Gasteiger charge is 2.51. The normalized spacial score (nSPS) is 47.5. The van der Waals surface area contributed by atoms with Crippen LogP contribution in [-0.4, -0.2) is 28.6 Å². The number of carbonyl (C=O) groups is 2. The maximum Gasteiger partial charge on any atom is 0.309 e. The predicted molar refractivity (Wildman–Crippen MR) is 47.4 cm³/mol. The Kier molecular flexibility index (Phi) is 1.93. The van der Waals surface area contributed by atoms with Gasteiger partial charge in [-0.05, 0) is 6.92 Å². The molecule has 1 aliphatic carbocycles. The van der Waals surface area contributed by atoms with Gasteiger partial charge in [-0.25, -0.2) is 0 Å². The Bertz CT molecular complexity index is 294. The standard InChI is InChI=1S/C10H14O4/c1-5-6-3-8(11)10(2,13)4-7(6)14-9(5)12/h5-7,13H,3-4H2,1-2H3/t5-,6?,7-,10+/m1/s1. The molecule has 2 rings (SSSR count). The third-order valence-corrected chi connectivity index (χ3v) is 3.38. The van der Waals surface area contributed by atoms with E-state index in [2.05, 4.69) is 0 Å². The van der Waals surface area contributed by atoms with E-state index < -0.39 is 5.60 Å². The fraction of sp³-hybridized carbons (Fsp3) is 0.800. The zero-order valence-corrected chi connectivity index (χ0v) is 8.32. The van der Waals surface area contributed by atoms with Crippen molar-refractivity contribution in [3.8, 4) is 0 Å². The van der Waals surface area contributed by atoms with Crippen LogP contribution in [-0.2, 0) is 14.3 Å². The van der Waals surface area contributed by atoms with Gasteiger partial charge in [0.25, 0.3) is 0 Å². The van der Waals surface area contributed by atoms with E-state index in [1.165, 1.54) is 6.92 Å². The van der Waals surface area contributed by atoms with E-state index in [1.54, 1.807) is 6.92 Å². The number of ketones is 1. The second-order valence-electron chi connectivity index (χ2n) is 4.53. The van der Waals surface area contributed by atoms with Crippen molar-refractivity contribution in [2.24, 2.45) is 11.8 Å². The Hall–Kier alpha value is -0.900. The van der Waals surface area contributed by atoms with Crippen molar-refractivity contribution in [2.75, 3.05) is 0 Å². The summed E-state index contributed by atoms with van der Waals surface area (Å²) in [4.78, 5) is 22.7. The summed E-state index contributed by atoms with van der Waals surface area (Å²) in [5.41, 5.74) is -1.31. The van der Waals surface area contributed by atoms with E-state index >= 15 is 0 Å². The third-order valence-electron chi connectivity index (χ3n) is 3.38. The van der Waals surface area contributed by atoms with Crippen molar-refractivity contribution in [1.29, 1.82) is 0 Å². The lowest BCUT2D eigenvalue weighted by Crippen LogP contribution is -2.47. The molecule has 0 amide bonds. The molecule has 2 fully saturated rings. The van der Waals surface area contributed by atoms with Gasteiger partial charge in [-0.1, -0.05) is 6.92 Å². The summed E-state index contributed by atoms with van der Waals surface area (Å²) in [6, 6.07) is 0. The lowest BCUT2D eigenvalue weighted by Gasteiger charge is -2.33. The molecule has 1 saturated heterocycles. The molecule has 0 aromatic carbocycles. The van der Waals surface area contributed by atoms with Crippen molar-refractivity contribution in [2.45, 2.75) is 38.4 Å². The molecule has 0 spiro atoms. The first kappa shape index (κ1) is 9.65. The first-order valence-electron chi connectivity index (χ1n) is 4.88. The highest BCUT2D eigenvalue weighted by Crippen LogP contribution is 2.40. The number of rotatable bonds is 0. The minimum atomic E-state index is -1.31. The first-order valence-corrected chi connectivity index (χ1v) is 4.88. The quantitative estimate of drug-likeness (QED) is 0.568. The largest absolute Gasteiger partial charge is 0.462 e. The van der Waals surface area contributed by atoms with Crippen molar-refractivity contribution in [1.82, 2.24) is 0 Å². The summed E-state index contributed by atoms with van der Waals surface area (Å²) in [6.45, 7) is 3.27. The van der Waals surface area contributed by atoms with Crippen molar-refractivity contribution >= 4 is 11.8 Å². The Morgan fingerprint density at radius 1 is 1.50 bits per heavy atom. The molecule has 78 valence electrons. The van der Waals surface area contributed by atoms with E-state index in [4.69, 9.17) is 4.74 Å². The van der Waals surface area contributed by atoms with Gasteiger partial charge < -0.3 is 9.84 Å². The van der Waals surface area contributed by atoms with Gasteiger partial charge in [-0.3, -0.25) is 9.59 Å². The van der Waals surface area contributed by atoms with Crippen LogP contribution in [0.1, 0.15) is 26.7 Å². The van der Waals surface area contributed by atoms with Crippen LogP contribution in [0.15, 0.2) is 0 Å². The van der Waals surface area contributed by atoms with Crippen molar-refractivity contribution in [3.05, 3.63) is 0 Å². The number of esters is 1. The molecule has 1 heterocycles. The van der Waals surface area contributed by atoms with Crippen LogP contribution in [0.25, 0.3) is 0 Å². The highest BCUT2D eigenvalue weighted by atomic mass is 16.6. The molecule has 14 heavy (non-hydrogen) atoms. The lowest BCUT2D eigenvalue weighted by atomic mass is 9.74. The molecule has 0 aromatic rings. The van der Waals surface area contributed by atoms with Crippen LogP contribution in [0.4, 0.5) is 0 Å². The second kappa shape index (κ2) is 2.79. The van der Waals surface area contributed by atoms with Crippen LogP contribution in [0.3, 0.4) is 0 Å². The van der Waals surface area contributed by atoms with Crippen LogP contribution in [0.5, 0.6) is 0 Å². The van der Waals surface area contributed by atoms with Gasteiger partial charge in [0, 0.05) is 18.8 Å². The molecule has 1 aliphatic heterocycles. The first-order chi connectivity index (χ1) is 6.42. The SMILES string of the molecule is C[C@H]1C(=O)O[C@@H]2C[C@](C)(O)C(=O)CC21. The number of hydrogen-bond donors (Lipinski definition) is 1. The molecule has 0 aromatic heterocycles. The molecule has 1 unspecified atom stereocenters. The molecule has 0 bridgehead atoms. The summed E-state index contributed by atoms with van der Waals surface area (Å²) in [5.74, 6) is -0.662. The lowest BCUT2D eigenvalue weighted by molar-refractivity contribution is -0.153.